The fourth-order valence-electron chi connectivity index (χ4n) is 6.32. The number of hydrogen-bond acceptors (Lipinski definition) is 8. The fourth-order valence-corrected chi connectivity index (χ4v) is 7.70. The van der Waals surface area contributed by atoms with Crippen molar-refractivity contribution in [2.45, 2.75) is 30.2 Å². The molecule has 1 aliphatic rings. The Morgan fingerprint density at radius 3 is 2.29 bits per heavy atom. The minimum Gasteiger partial charge on any atom is -0.340 e. The van der Waals surface area contributed by atoms with Gasteiger partial charge in [-0.05, 0) is 99.1 Å². The Hall–Kier alpha value is -5.26. The number of piperidine rings is 1. The van der Waals surface area contributed by atoms with Crippen LogP contribution in [0.4, 0.5) is 23.0 Å². The SMILES string of the molecule is CN1CCC(c2ccc(Nc3ncc4cc(N(C)c5ccccc5)c(=O)n(Cc5cccn5S(=O)(=O)c5ccccc5)c4n3)cc2)CC1. The molecule has 244 valence electrons. The number of hydrogen-bond donors (Lipinski definition) is 1. The van der Waals surface area contributed by atoms with E-state index >= 15 is 0 Å². The maximum atomic E-state index is 14.3. The van der Waals surface area contributed by atoms with Gasteiger partial charge in [-0.15, -0.1) is 0 Å². The van der Waals surface area contributed by atoms with Crippen molar-refractivity contribution in [1.29, 1.82) is 0 Å². The van der Waals surface area contributed by atoms with Crippen molar-refractivity contribution in [2.75, 3.05) is 37.4 Å². The number of nitrogens with zero attached hydrogens (tertiary/aromatic N) is 6. The minimum absolute atomic E-state index is 0.0351. The topological polar surface area (TPSA) is 105 Å². The first-order valence-electron chi connectivity index (χ1n) is 16.0. The number of nitrogens with one attached hydrogen (secondary N) is 1. The second-order valence-corrected chi connectivity index (χ2v) is 14.0. The highest BCUT2D eigenvalue weighted by Crippen LogP contribution is 2.29. The Bertz CT molecular complexity index is 2210. The van der Waals surface area contributed by atoms with Crippen LogP contribution in [0.15, 0.2) is 125 Å². The third-order valence-corrected chi connectivity index (χ3v) is 10.8. The van der Waals surface area contributed by atoms with Crippen molar-refractivity contribution < 1.29 is 8.42 Å². The van der Waals surface area contributed by atoms with Gasteiger partial charge in [0.2, 0.25) is 5.95 Å². The van der Waals surface area contributed by atoms with E-state index in [2.05, 4.69) is 34.4 Å². The molecule has 1 saturated heterocycles. The van der Waals surface area contributed by atoms with Crippen molar-refractivity contribution in [3.8, 4) is 0 Å². The molecule has 0 bridgehead atoms. The number of fused-ring (bicyclic) bond motifs is 1. The molecule has 0 radical (unpaired) electrons. The van der Waals surface area contributed by atoms with Gasteiger partial charge in [0.25, 0.3) is 15.6 Å². The van der Waals surface area contributed by atoms with Gasteiger partial charge >= 0.3 is 0 Å². The Morgan fingerprint density at radius 2 is 1.58 bits per heavy atom. The summed E-state index contributed by atoms with van der Waals surface area (Å²) in [5, 5.41) is 3.94. The molecule has 11 heteroatoms. The lowest BCUT2D eigenvalue weighted by atomic mass is 9.89. The maximum Gasteiger partial charge on any atom is 0.276 e. The molecule has 1 aliphatic heterocycles. The monoisotopic (exact) mass is 659 g/mol. The molecule has 1 fully saturated rings. The van der Waals surface area contributed by atoms with Crippen LogP contribution in [0.5, 0.6) is 0 Å². The Morgan fingerprint density at radius 1 is 0.896 bits per heavy atom. The van der Waals surface area contributed by atoms with E-state index in [9.17, 15) is 13.2 Å². The Kier molecular flexibility index (Phi) is 8.55. The van der Waals surface area contributed by atoms with Gasteiger partial charge < -0.3 is 15.1 Å². The molecule has 3 aromatic carbocycles. The van der Waals surface area contributed by atoms with Crippen LogP contribution in [0.3, 0.4) is 0 Å². The zero-order chi connectivity index (χ0) is 33.3. The molecule has 0 amide bonds. The number of pyridine rings is 1. The predicted molar refractivity (Wildman–Crippen MR) is 190 cm³/mol. The Labute approximate surface area is 280 Å². The molecule has 10 nitrogen and oxygen atoms in total. The van der Waals surface area contributed by atoms with E-state index in [1.807, 2.05) is 54.4 Å². The molecule has 3 aromatic heterocycles. The molecule has 7 rings (SSSR count). The molecular formula is C37H37N7O3S. The highest BCUT2D eigenvalue weighted by Gasteiger charge is 2.22. The van der Waals surface area contributed by atoms with E-state index in [1.54, 1.807) is 54.7 Å². The lowest BCUT2D eigenvalue weighted by Gasteiger charge is -2.29. The van der Waals surface area contributed by atoms with Crippen LogP contribution in [-0.4, -0.2) is 59.0 Å². The largest absolute Gasteiger partial charge is 0.340 e. The van der Waals surface area contributed by atoms with Gasteiger partial charge in [0.05, 0.1) is 17.1 Å². The normalized spacial score (nSPS) is 14.3. The third kappa shape index (κ3) is 6.22. The highest BCUT2D eigenvalue weighted by atomic mass is 32.2. The molecule has 48 heavy (non-hydrogen) atoms. The first kappa shape index (κ1) is 31.3. The Balaban J connectivity index is 1.27. The summed E-state index contributed by atoms with van der Waals surface area (Å²) in [7, 11) is 0.0937. The van der Waals surface area contributed by atoms with Gasteiger partial charge in [0.15, 0.2) is 0 Å². The smallest absolute Gasteiger partial charge is 0.276 e. The highest BCUT2D eigenvalue weighted by molar-refractivity contribution is 7.90. The van der Waals surface area contributed by atoms with E-state index in [0.29, 0.717) is 34.3 Å². The van der Waals surface area contributed by atoms with Gasteiger partial charge in [-0.3, -0.25) is 9.36 Å². The van der Waals surface area contributed by atoms with Crippen LogP contribution in [0.1, 0.15) is 30.0 Å². The standard InChI is InChI=1S/C37H37N7O3S/c1-41-22-19-28(20-23-41)27-15-17-30(18-16-27)39-37-38-25-29-24-34(42(2)31-10-5-3-6-11-31)36(45)43(35(29)40-37)26-32-12-9-21-44(32)48(46,47)33-13-7-4-8-14-33/h3-18,21,24-25,28H,19-20,22-23,26H2,1-2H3,(H,38,39,40). The van der Waals surface area contributed by atoms with Gasteiger partial charge in [-0.25, -0.2) is 17.4 Å². The average Bonchev–Trinajstić information content (AvgIpc) is 3.60. The van der Waals surface area contributed by atoms with Crippen molar-refractivity contribution in [2.24, 2.45) is 0 Å². The number of likely N-dealkylation sites (tertiary alicyclic amines) is 1. The molecular weight excluding hydrogens is 623 g/mol. The zero-order valence-electron chi connectivity index (χ0n) is 26.9. The summed E-state index contributed by atoms with van der Waals surface area (Å²) in [5.74, 6) is 0.883. The van der Waals surface area contributed by atoms with Crippen LogP contribution >= 0.6 is 0 Å². The van der Waals surface area contributed by atoms with Crippen molar-refractivity contribution in [3.05, 3.63) is 137 Å². The first-order chi connectivity index (χ1) is 23.3. The third-order valence-electron chi connectivity index (χ3n) is 9.08. The summed E-state index contributed by atoms with van der Waals surface area (Å²) < 4.78 is 30.0. The summed E-state index contributed by atoms with van der Waals surface area (Å²) in [6.07, 6.45) is 5.48. The quantitative estimate of drug-likeness (QED) is 0.196. The van der Waals surface area contributed by atoms with E-state index in [1.165, 1.54) is 20.3 Å². The average molecular weight is 660 g/mol. The van der Waals surface area contributed by atoms with E-state index in [-0.39, 0.29) is 17.0 Å². The molecule has 0 atom stereocenters. The number of para-hydroxylation sites is 1. The summed E-state index contributed by atoms with van der Waals surface area (Å²) in [6, 6.07) is 31.4. The summed E-state index contributed by atoms with van der Waals surface area (Å²) >= 11 is 0. The van der Waals surface area contributed by atoms with Crippen LogP contribution in [0, 0.1) is 0 Å². The van der Waals surface area contributed by atoms with Gasteiger partial charge in [-0.2, -0.15) is 4.98 Å². The lowest BCUT2D eigenvalue weighted by Crippen LogP contribution is -2.29. The molecule has 0 saturated carbocycles. The molecule has 0 spiro atoms. The van der Waals surface area contributed by atoms with Crippen LogP contribution in [0.25, 0.3) is 11.0 Å². The fraction of sp³-hybridized carbons (Fsp3) is 0.216. The molecule has 6 aromatic rings. The summed E-state index contributed by atoms with van der Waals surface area (Å²) in [6.45, 7) is 2.17. The zero-order valence-corrected chi connectivity index (χ0v) is 27.7. The van der Waals surface area contributed by atoms with Gasteiger partial charge in [-0.1, -0.05) is 48.5 Å². The number of aromatic nitrogens is 4. The van der Waals surface area contributed by atoms with Crippen LogP contribution in [0.2, 0.25) is 0 Å². The number of rotatable bonds is 9. The lowest BCUT2D eigenvalue weighted by molar-refractivity contribution is 0.255. The molecule has 4 heterocycles. The first-order valence-corrected chi connectivity index (χ1v) is 17.4. The number of benzene rings is 3. The second kappa shape index (κ2) is 13.1. The molecule has 1 N–H and O–H groups in total. The molecule has 0 aliphatic carbocycles. The summed E-state index contributed by atoms with van der Waals surface area (Å²) in [5.41, 5.74) is 3.89. The second-order valence-electron chi connectivity index (χ2n) is 12.2. The van der Waals surface area contributed by atoms with Crippen molar-refractivity contribution >= 4 is 44.1 Å². The van der Waals surface area contributed by atoms with Crippen LogP contribution < -0.4 is 15.8 Å². The van der Waals surface area contributed by atoms with E-state index in [4.69, 9.17) is 4.98 Å². The predicted octanol–water partition coefficient (Wildman–Crippen LogP) is 6.20. The molecule has 0 unspecified atom stereocenters. The van der Waals surface area contributed by atoms with Crippen molar-refractivity contribution in [3.63, 3.8) is 0 Å². The minimum atomic E-state index is -3.90. The van der Waals surface area contributed by atoms with Gasteiger partial charge in [0, 0.05) is 36.2 Å². The van der Waals surface area contributed by atoms with E-state index in [0.717, 1.165) is 37.3 Å². The van der Waals surface area contributed by atoms with Crippen LogP contribution in [-0.2, 0) is 16.6 Å². The maximum absolute atomic E-state index is 14.3. The summed E-state index contributed by atoms with van der Waals surface area (Å²) in [4.78, 5) is 28.1. The van der Waals surface area contributed by atoms with E-state index < -0.39 is 10.0 Å². The van der Waals surface area contributed by atoms with Crippen molar-refractivity contribution in [1.82, 2.24) is 23.4 Å². The van der Waals surface area contributed by atoms with Gasteiger partial charge in [0.1, 0.15) is 11.3 Å². The number of anilines is 4.